The Hall–Kier alpha value is -2.71. The first-order chi connectivity index (χ1) is 15.2. The molecule has 1 amide bonds. The van der Waals surface area contributed by atoms with Gasteiger partial charge in [0.25, 0.3) is 5.91 Å². The molecule has 1 saturated heterocycles. The number of amides is 1. The predicted octanol–water partition coefficient (Wildman–Crippen LogP) is 3.59. The maximum atomic E-state index is 13.1. The molecule has 0 saturated carbocycles. The Bertz CT molecular complexity index is 1060. The zero-order valence-electron chi connectivity index (χ0n) is 18.7. The van der Waals surface area contributed by atoms with Crippen molar-refractivity contribution < 1.29 is 22.7 Å². The van der Waals surface area contributed by atoms with Crippen LogP contribution < -0.4 is 5.32 Å². The highest BCUT2D eigenvalue weighted by Gasteiger charge is 2.34. The van der Waals surface area contributed by atoms with E-state index in [2.05, 4.69) is 5.32 Å². The van der Waals surface area contributed by atoms with E-state index < -0.39 is 33.9 Å². The number of ether oxygens (including phenoxy) is 1. The van der Waals surface area contributed by atoms with Gasteiger partial charge in [-0.3, -0.25) is 9.59 Å². The minimum atomic E-state index is -3.27. The number of esters is 1. The number of benzene rings is 2. The number of hydrogen-bond acceptors (Lipinski definition) is 5. The summed E-state index contributed by atoms with van der Waals surface area (Å²) in [4.78, 5) is 26.1. The lowest BCUT2D eigenvalue weighted by atomic mass is 9.98. The summed E-state index contributed by atoms with van der Waals surface area (Å²) in [5.41, 5.74) is 3.17. The topological polar surface area (TPSA) is 92.8 Å². The zero-order chi connectivity index (χ0) is 23.3. The summed E-state index contributed by atoms with van der Waals surface area (Å²) in [6, 6.07) is 14.7. The number of carbonyl (C=O) groups excluding carboxylic acids is 2. The Morgan fingerprint density at radius 3 is 2.38 bits per heavy atom. The number of hydrogen-bond donors (Lipinski definition) is 1. The first kappa shape index (κ1) is 23.9. The molecule has 172 valence electrons. The van der Waals surface area contributed by atoms with Gasteiger partial charge in [-0.25, -0.2) is 12.7 Å². The van der Waals surface area contributed by atoms with Crippen LogP contribution in [-0.2, 0) is 24.3 Å². The first-order valence-corrected chi connectivity index (χ1v) is 12.4. The van der Waals surface area contributed by atoms with Crippen LogP contribution in [0.3, 0.4) is 0 Å². The van der Waals surface area contributed by atoms with Gasteiger partial charge in [0.05, 0.1) is 11.7 Å². The minimum absolute atomic E-state index is 0.0384. The monoisotopic (exact) mass is 458 g/mol. The third-order valence-electron chi connectivity index (χ3n) is 5.77. The van der Waals surface area contributed by atoms with Crippen molar-refractivity contribution in [3.8, 4) is 0 Å². The van der Waals surface area contributed by atoms with Gasteiger partial charge >= 0.3 is 5.97 Å². The normalized spacial score (nSPS) is 16.3. The predicted molar refractivity (Wildman–Crippen MR) is 124 cm³/mol. The summed E-state index contributed by atoms with van der Waals surface area (Å²) in [6.07, 6.45) is -0.350. The number of nitrogens with one attached hydrogen (secondary N) is 1. The molecule has 0 aliphatic carbocycles. The van der Waals surface area contributed by atoms with E-state index in [1.165, 1.54) is 4.31 Å². The molecule has 0 unspecified atom stereocenters. The fourth-order valence-corrected chi connectivity index (χ4v) is 4.87. The van der Waals surface area contributed by atoms with Gasteiger partial charge in [0, 0.05) is 24.3 Å². The van der Waals surface area contributed by atoms with Crippen LogP contribution in [-0.4, -0.2) is 43.4 Å². The van der Waals surface area contributed by atoms with E-state index in [1.54, 1.807) is 31.2 Å². The Morgan fingerprint density at radius 2 is 1.75 bits per heavy atom. The lowest BCUT2D eigenvalue weighted by Gasteiger charge is -2.30. The molecule has 32 heavy (non-hydrogen) atoms. The van der Waals surface area contributed by atoms with Crippen LogP contribution in [0.25, 0.3) is 0 Å². The van der Waals surface area contributed by atoms with E-state index in [0.717, 1.165) is 11.1 Å². The molecule has 1 atom stereocenters. The fraction of sp³-hybridized carbons (Fsp3) is 0.417. The van der Waals surface area contributed by atoms with Gasteiger partial charge in [-0.15, -0.1) is 0 Å². The number of nitrogens with zero attached hydrogens (tertiary/aromatic N) is 1. The number of carbonyl (C=O) groups is 2. The minimum Gasteiger partial charge on any atom is -0.447 e. The van der Waals surface area contributed by atoms with Crippen LogP contribution in [0.2, 0.25) is 0 Å². The third kappa shape index (κ3) is 5.75. The SMILES string of the molecule is CCS(=O)(=O)N1CCC(C(=O)O[C@H](C(=O)Nc2cc(C)ccc2C)c2ccccc2)CC1. The molecule has 1 aliphatic heterocycles. The van der Waals surface area contributed by atoms with E-state index in [4.69, 9.17) is 4.74 Å². The molecule has 0 spiro atoms. The number of aryl methyl sites for hydroxylation is 2. The van der Waals surface area contributed by atoms with E-state index in [-0.39, 0.29) is 18.8 Å². The molecule has 1 aliphatic rings. The molecule has 1 fully saturated rings. The lowest BCUT2D eigenvalue weighted by molar-refractivity contribution is -0.160. The van der Waals surface area contributed by atoms with Gasteiger partial charge in [0.15, 0.2) is 0 Å². The highest BCUT2D eigenvalue weighted by atomic mass is 32.2. The van der Waals surface area contributed by atoms with Crippen molar-refractivity contribution in [1.82, 2.24) is 4.31 Å². The molecular weight excluding hydrogens is 428 g/mol. The highest BCUT2D eigenvalue weighted by Crippen LogP contribution is 2.27. The molecule has 3 rings (SSSR count). The Balaban J connectivity index is 1.73. The average Bonchev–Trinajstić information content (AvgIpc) is 2.80. The zero-order valence-corrected chi connectivity index (χ0v) is 19.5. The van der Waals surface area contributed by atoms with Gasteiger partial charge in [-0.05, 0) is 50.8 Å². The standard InChI is InChI=1S/C24H30N2O5S/c1-4-32(29,30)26-14-12-20(13-15-26)24(28)31-22(19-8-6-5-7-9-19)23(27)25-21-16-17(2)10-11-18(21)3/h5-11,16,20,22H,4,12-15H2,1-3H3,(H,25,27)/t22-/m0/s1. The highest BCUT2D eigenvalue weighted by molar-refractivity contribution is 7.89. The number of sulfonamides is 1. The quantitative estimate of drug-likeness (QED) is 0.640. The Morgan fingerprint density at radius 1 is 1.09 bits per heavy atom. The van der Waals surface area contributed by atoms with E-state index >= 15 is 0 Å². The maximum absolute atomic E-state index is 13.1. The van der Waals surface area contributed by atoms with Crippen molar-refractivity contribution in [3.63, 3.8) is 0 Å². The van der Waals surface area contributed by atoms with Crippen molar-refractivity contribution in [2.45, 2.75) is 39.7 Å². The van der Waals surface area contributed by atoms with Gasteiger partial charge in [0.2, 0.25) is 16.1 Å². The van der Waals surface area contributed by atoms with Crippen LogP contribution in [0.15, 0.2) is 48.5 Å². The summed E-state index contributed by atoms with van der Waals surface area (Å²) < 4.78 is 31.3. The maximum Gasteiger partial charge on any atom is 0.310 e. The third-order valence-corrected chi connectivity index (χ3v) is 7.65. The summed E-state index contributed by atoms with van der Waals surface area (Å²) >= 11 is 0. The molecule has 2 aromatic carbocycles. The number of rotatable bonds is 7. The molecule has 1 heterocycles. The van der Waals surface area contributed by atoms with E-state index in [9.17, 15) is 18.0 Å². The average molecular weight is 459 g/mol. The van der Waals surface area contributed by atoms with Crippen molar-refractivity contribution in [2.24, 2.45) is 5.92 Å². The number of piperidine rings is 1. The molecule has 0 aromatic heterocycles. The summed E-state index contributed by atoms with van der Waals surface area (Å²) in [7, 11) is -3.27. The van der Waals surface area contributed by atoms with Crippen LogP contribution >= 0.6 is 0 Å². The largest absolute Gasteiger partial charge is 0.447 e. The second-order valence-corrected chi connectivity index (χ2v) is 10.4. The van der Waals surface area contributed by atoms with Gasteiger partial charge < -0.3 is 10.1 Å². The molecular formula is C24H30N2O5S. The molecule has 1 N–H and O–H groups in total. The Kier molecular flexibility index (Phi) is 7.69. The molecule has 8 heteroatoms. The first-order valence-electron chi connectivity index (χ1n) is 10.8. The molecule has 2 aromatic rings. The molecule has 7 nitrogen and oxygen atoms in total. The van der Waals surface area contributed by atoms with Crippen molar-refractivity contribution in [1.29, 1.82) is 0 Å². The smallest absolute Gasteiger partial charge is 0.310 e. The number of anilines is 1. The van der Waals surface area contributed by atoms with Crippen molar-refractivity contribution >= 4 is 27.6 Å². The fourth-order valence-electron chi connectivity index (χ4n) is 3.73. The molecule has 0 radical (unpaired) electrons. The van der Waals surface area contributed by atoms with E-state index in [0.29, 0.717) is 24.1 Å². The van der Waals surface area contributed by atoms with Crippen molar-refractivity contribution in [2.75, 3.05) is 24.2 Å². The van der Waals surface area contributed by atoms with E-state index in [1.807, 2.05) is 38.1 Å². The van der Waals surface area contributed by atoms with Crippen LogP contribution in [0.1, 0.15) is 42.6 Å². The lowest BCUT2D eigenvalue weighted by Crippen LogP contribution is -2.41. The van der Waals surface area contributed by atoms with Crippen LogP contribution in [0.5, 0.6) is 0 Å². The van der Waals surface area contributed by atoms with Crippen LogP contribution in [0, 0.1) is 19.8 Å². The van der Waals surface area contributed by atoms with Gasteiger partial charge in [-0.1, -0.05) is 42.5 Å². The van der Waals surface area contributed by atoms with Gasteiger partial charge in [0.1, 0.15) is 0 Å². The second-order valence-electron chi connectivity index (χ2n) is 8.11. The van der Waals surface area contributed by atoms with Gasteiger partial charge in [-0.2, -0.15) is 0 Å². The Labute approximate surface area is 189 Å². The molecule has 0 bridgehead atoms. The summed E-state index contributed by atoms with van der Waals surface area (Å²) in [6.45, 7) is 6.00. The van der Waals surface area contributed by atoms with Crippen molar-refractivity contribution in [3.05, 3.63) is 65.2 Å². The summed E-state index contributed by atoms with van der Waals surface area (Å²) in [5.74, 6) is -1.32. The second kappa shape index (κ2) is 10.3. The summed E-state index contributed by atoms with van der Waals surface area (Å²) in [5, 5.41) is 2.89. The van der Waals surface area contributed by atoms with Crippen LogP contribution in [0.4, 0.5) is 5.69 Å².